The van der Waals surface area contributed by atoms with Crippen LogP contribution in [0.15, 0.2) is 35.9 Å². The van der Waals surface area contributed by atoms with Crippen LogP contribution in [0.3, 0.4) is 0 Å². The van der Waals surface area contributed by atoms with Gasteiger partial charge in [-0.15, -0.1) is 0 Å². The first kappa shape index (κ1) is 19.7. The van der Waals surface area contributed by atoms with Crippen LogP contribution in [0.2, 0.25) is 0 Å². The molecule has 1 aliphatic carbocycles. The molecule has 0 spiro atoms. The van der Waals surface area contributed by atoms with E-state index in [0.29, 0.717) is 6.42 Å². The molecule has 1 saturated heterocycles. The summed E-state index contributed by atoms with van der Waals surface area (Å²) in [4.78, 5) is 16.8. The average molecular weight is 372 g/mol. The summed E-state index contributed by atoms with van der Waals surface area (Å²) in [5.41, 5.74) is 2.79. The minimum atomic E-state index is 0.272. The van der Waals surface area contributed by atoms with Crippen LogP contribution >= 0.6 is 0 Å². The van der Waals surface area contributed by atoms with Crippen LogP contribution in [0.4, 0.5) is 5.69 Å². The number of carbonyl (C=O) groups is 1. The number of piperazine rings is 1. The number of hydrogen-bond acceptors (Lipinski definition) is 4. The molecule has 0 unspecified atom stereocenters. The Labute approximate surface area is 163 Å². The maximum Gasteiger partial charge on any atom is 0.223 e. The van der Waals surface area contributed by atoms with Crippen molar-refractivity contribution in [3.63, 3.8) is 0 Å². The van der Waals surface area contributed by atoms with Gasteiger partial charge in [0.25, 0.3) is 0 Å². The lowest BCUT2D eigenvalue weighted by molar-refractivity contribution is -0.131. The van der Waals surface area contributed by atoms with E-state index in [1.807, 2.05) is 17.0 Å². The molecule has 1 aromatic carbocycles. The Balaban J connectivity index is 1.31. The molecule has 0 bridgehead atoms. The van der Waals surface area contributed by atoms with Gasteiger partial charge in [-0.25, -0.2) is 0 Å². The number of rotatable bonds is 8. The van der Waals surface area contributed by atoms with Gasteiger partial charge in [0.2, 0.25) is 5.91 Å². The molecule has 27 heavy (non-hydrogen) atoms. The van der Waals surface area contributed by atoms with Gasteiger partial charge in [-0.05, 0) is 62.9 Å². The quantitative estimate of drug-likeness (QED) is 0.563. The molecular formula is C22H33N3O2. The third kappa shape index (κ3) is 5.99. The Bertz CT molecular complexity index is 619. The van der Waals surface area contributed by atoms with Crippen molar-refractivity contribution in [3.05, 3.63) is 35.9 Å². The number of anilines is 1. The van der Waals surface area contributed by atoms with Crippen molar-refractivity contribution < 1.29 is 9.53 Å². The zero-order chi connectivity index (χ0) is 18.9. The lowest BCUT2D eigenvalue weighted by Crippen LogP contribution is -2.49. The molecule has 1 N–H and O–H groups in total. The average Bonchev–Trinajstić information content (AvgIpc) is 2.74. The Morgan fingerprint density at radius 2 is 1.85 bits per heavy atom. The number of nitrogens with one attached hydrogen (secondary N) is 1. The maximum atomic E-state index is 12.4. The van der Waals surface area contributed by atoms with Crippen LogP contribution in [-0.4, -0.2) is 57.2 Å². The largest absolute Gasteiger partial charge is 0.497 e. The highest BCUT2D eigenvalue weighted by molar-refractivity contribution is 5.76. The predicted octanol–water partition coefficient (Wildman–Crippen LogP) is 3.21. The predicted molar refractivity (Wildman–Crippen MR) is 110 cm³/mol. The molecule has 1 aromatic rings. The highest BCUT2D eigenvalue weighted by Crippen LogP contribution is 2.21. The first-order valence-electron chi connectivity index (χ1n) is 10.3. The van der Waals surface area contributed by atoms with Crippen molar-refractivity contribution in [3.8, 4) is 5.75 Å². The van der Waals surface area contributed by atoms with Crippen molar-refractivity contribution in [1.82, 2.24) is 10.2 Å². The second-order valence-electron chi connectivity index (χ2n) is 7.42. The third-order valence-corrected chi connectivity index (χ3v) is 5.59. The molecule has 0 aromatic heterocycles. The second kappa shape index (κ2) is 10.4. The fourth-order valence-corrected chi connectivity index (χ4v) is 3.87. The molecular weight excluding hydrogens is 338 g/mol. The molecule has 1 heterocycles. The standard InChI is InChI=1S/C22H33N3O2/c1-27-21-9-7-20(8-10-21)24-15-17-25(18-16-24)22(26)12-14-23-13-11-19-5-3-2-4-6-19/h5,7-10,23H,2-4,6,11-18H2,1H3. The van der Waals surface area contributed by atoms with E-state index in [-0.39, 0.29) is 5.91 Å². The van der Waals surface area contributed by atoms with Crippen molar-refractivity contribution in [2.45, 2.75) is 38.5 Å². The highest BCUT2D eigenvalue weighted by atomic mass is 16.5. The zero-order valence-corrected chi connectivity index (χ0v) is 16.6. The number of amides is 1. The number of methoxy groups -OCH3 is 1. The summed E-state index contributed by atoms with van der Waals surface area (Å²) in [6, 6.07) is 8.15. The zero-order valence-electron chi connectivity index (χ0n) is 16.6. The number of benzene rings is 1. The van der Waals surface area contributed by atoms with E-state index in [0.717, 1.165) is 51.4 Å². The van der Waals surface area contributed by atoms with Crippen molar-refractivity contribution in [2.24, 2.45) is 0 Å². The molecule has 3 rings (SSSR count). The molecule has 5 nitrogen and oxygen atoms in total. The number of carbonyl (C=O) groups excluding carboxylic acids is 1. The van der Waals surface area contributed by atoms with Gasteiger partial charge in [0.15, 0.2) is 0 Å². The summed E-state index contributed by atoms with van der Waals surface area (Å²) in [6.07, 6.45) is 9.33. The second-order valence-corrected chi connectivity index (χ2v) is 7.42. The third-order valence-electron chi connectivity index (χ3n) is 5.59. The molecule has 5 heteroatoms. The highest BCUT2D eigenvalue weighted by Gasteiger charge is 2.20. The Morgan fingerprint density at radius 1 is 1.07 bits per heavy atom. The summed E-state index contributed by atoms with van der Waals surface area (Å²) in [6.45, 7) is 5.16. The minimum Gasteiger partial charge on any atom is -0.497 e. The smallest absolute Gasteiger partial charge is 0.223 e. The molecule has 148 valence electrons. The van der Waals surface area contributed by atoms with Gasteiger partial charge >= 0.3 is 0 Å². The number of nitrogens with zero attached hydrogens (tertiary/aromatic N) is 2. The molecule has 0 atom stereocenters. The topological polar surface area (TPSA) is 44.8 Å². The van der Waals surface area contributed by atoms with Gasteiger partial charge < -0.3 is 19.9 Å². The molecule has 1 amide bonds. The van der Waals surface area contributed by atoms with E-state index in [1.165, 1.54) is 31.4 Å². The summed E-state index contributed by atoms with van der Waals surface area (Å²) in [5, 5.41) is 3.44. The SMILES string of the molecule is COc1ccc(N2CCN(C(=O)CCNCCC3=CCCCC3)CC2)cc1. The van der Waals surface area contributed by atoms with Crippen LogP contribution in [-0.2, 0) is 4.79 Å². The van der Waals surface area contributed by atoms with E-state index in [4.69, 9.17) is 4.74 Å². The van der Waals surface area contributed by atoms with Gasteiger partial charge in [0.1, 0.15) is 5.75 Å². The summed E-state index contributed by atoms with van der Waals surface area (Å²) in [5.74, 6) is 1.15. The van der Waals surface area contributed by atoms with Crippen molar-refractivity contribution >= 4 is 11.6 Å². The van der Waals surface area contributed by atoms with Gasteiger partial charge in [-0.3, -0.25) is 4.79 Å². The summed E-state index contributed by atoms with van der Waals surface area (Å²) >= 11 is 0. The monoisotopic (exact) mass is 371 g/mol. The Morgan fingerprint density at radius 3 is 2.52 bits per heavy atom. The minimum absolute atomic E-state index is 0.272. The van der Waals surface area contributed by atoms with E-state index < -0.39 is 0 Å². The maximum absolute atomic E-state index is 12.4. The van der Waals surface area contributed by atoms with Gasteiger partial charge in [-0.2, -0.15) is 0 Å². The summed E-state index contributed by atoms with van der Waals surface area (Å²) < 4.78 is 5.21. The Hall–Kier alpha value is -2.01. The van der Waals surface area contributed by atoms with Crippen LogP contribution in [0.25, 0.3) is 0 Å². The fourth-order valence-electron chi connectivity index (χ4n) is 3.87. The fraction of sp³-hybridized carbons (Fsp3) is 0.591. The normalized spacial score (nSPS) is 17.6. The number of ether oxygens (including phenoxy) is 1. The van der Waals surface area contributed by atoms with E-state index >= 15 is 0 Å². The molecule has 1 fully saturated rings. The molecule has 0 saturated carbocycles. The number of hydrogen-bond donors (Lipinski definition) is 1. The van der Waals surface area contributed by atoms with Crippen LogP contribution in [0, 0.1) is 0 Å². The van der Waals surface area contributed by atoms with Crippen molar-refractivity contribution in [1.29, 1.82) is 0 Å². The van der Waals surface area contributed by atoms with E-state index in [1.54, 1.807) is 12.7 Å². The van der Waals surface area contributed by atoms with E-state index in [9.17, 15) is 4.79 Å². The first-order valence-corrected chi connectivity index (χ1v) is 10.3. The van der Waals surface area contributed by atoms with Crippen molar-refractivity contribution in [2.75, 3.05) is 51.3 Å². The van der Waals surface area contributed by atoms with Crippen LogP contribution < -0.4 is 15.0 Å². The van der Waals surface area contributed by atoms with Gasteiger partial charge in [-0.1, -0.05) is 11.6 Å². The van der Waals surface area contributed by atoms with Gasteiger partial charge in [0.05, 0.1) is 7.11 Å². The lowest BCUT2D eigenvalue weighted by Gasteiger charge is -2.36. The molecule has 1 aliphatic heterocycles. The molecule has 2 aliphatic rings. The van der Waals surface area contributed by atoms with Crippen LogP contribution in [0.1, 0.15) is 38.5 Å². The summed E-state index contributed by atoms with van der Waals surface area (Å²) in [7, 11) is 1.68. The lowest BCUT2D eigenvalue weighted by atomic mass is 9.97. The molecule has 0 radical (unpaired) electrons. The van der Waals surface area contributed by atoms with E-state index in [2.05, 4.69) is 28.4 Å². The number of allylic oxidation sites excluding steroid dienone is 1. The first-order chi connectivity index (χ1) is 13.3. The Kier molecular flexibility index (Phi) is 7.57. The van der Waals surface area contributed by atoms with Gasteiger partial charge in [0, 0.05) is 44.8 Å². The van der Waals surface area contributed by atoms with Crippen LogP contribution in [0.5, 0.6) is 5.75 Å².